The van der Waals surface area contributed by atoms with Gasteiger partial charge in [0, 0.05) is 6.20 Å². The van der Waals surface area contributed by atoms with E-state index >= 15 is 0 Å². The molecule has 0 saturated carbocycles. The van der Waals surface area contributed by atoms with Gasteiger partial charge in [-0.05, 0) is 23.0 Å². The fourth-order valence-electron chi connectivity index (χ4n) is 0.887. The minimum atomic E-state index is -0.475. The summed E-state index contributed by atoms with van der Waals surface area (Å²) in [4.78, 5) is 19.3. The first-order valence-electron chi connectivity index (χ1n) is 3.93. The van der Waals surface area contributed by atoms with E-state index in [9.17, 15) is 4.79 Å². The van der Waals surface area contributed by atoms with Gasteiger partial charge in [-0.2, -0.15) is 0 Å². The van der Waals surface area contributed by atoms with Crippen molar-refractivity contribution >= 4 is 21.9 Å². The molecule has 0 radical (unpaired) electrons. The highest BCUT2D eigenvalue weighted by Crippen LogP contribution is 2.13. The number of halogens is 1. The molecule has 0 aliphatic carbocycles. The highest BCUT2D eigenvalue weighted by molar-refractivity contribution is 9.10. The number of aromatic nitrogens is 2. The molecule has 0 unspecified atom stereocenters. The van der Waals surface area contributed by atoms with Gasteiger partial charge in [-0.15, -0.1) is 0 Å². The monoisotopic (exact) mass is 259 g/mol. The van der Waals surface area contributed by atoms with E-state index in [-0.39, 0.29) is 5.69 Å². The summed E-state index contributed by atoms with van der Waals surface area (Å²) in [5.41, 5.74) is 0.243. The van der Waals surface area contributed by atoms with Crippen LogP contribution in [0.25, 0.3) is 0 Å². The van der Waals surface area contributed by atoms with Crippen molar-refractivity contribution in [3.05, 3.63) is 22.2 Å². The maximum atomic E-state index is 11.2. The number of hydrogen-bond acceptors (Lipinski definition) is 5. The Labute approximate surface area is 90.0 Å². The quantitative estimate of drug-likeness (QED) is 0.812. The number of hydrogen-bond donors (Lipinski definition) is 1. The van der Waals surface area contributed by atoms with Crippen molar-refractivity contribution in [2.24, 2.45) is 0 Å². The molecule has 1 aromatic rings. The van der Waals surface area contributed by atoms with Crippen molar-refractivity contribution in [2.45, 2.75) is 6.54 Å². The minimum absolute atomic E-state index is 0.243. The molecule has 1 N–H and O–H groups in total. The second-order valence-corrected chi connectivity index (χ2v) is 3.36. The Hall–Kier alpha value is -1.01. The van der Waals surface area contributed by atoms with E-state index in [0.29, 0.717) is 16.8 Å². The van der Waals surface area contributed by atoms with E-state index < -0.39 is 5.97 Å². The third kappa shape index (κ3) is 2.49. The molecule has 0 aromatic carbocycles. The van der Waals surface area contributed by atoms with Crippen molar-refractivity contribution in [1.82, 2.24) is 15.3 Å². The molecule has 0 atom stereocenters. The average Bonchev–Trinajstić information content (AvgIpc) is 2.20. The second-order valence-electron chi connectivity index (χ2n) is 2.50. The first-order chi connectivity index (χ1) is 6.69. The average molecular weight is 260 g/mol. The molecule has 5 nitrogen and oxygen atoms in total. The SMILES string of the molecule is CNCc1ncc(Br)c(C(=O)OC)n1. The molecule has 0 bridgehead atoms. The van der Waals surface area contributed by atoms with E-state index in [1.54, 1.807) is 7.05 Å². The molecule has 0 aliphatic heterocycles. The van der Waals surface area contributed by atoms with Gasteiger partial charge in [0.15, 0.2) is 5.69 Å². The number of carbonyl (C=O) groups excluding carboxylic acids is 1. The van der Waals surface area contributed by atoms with Crippen LogP contribution < -0.4 is 5.32 Å². The van der Waals surface area contributed by atoms with Gasteiger partial charge < -0.3 is 10.1 Å². The first kappa shape index (κ1) is 11.1. The van der Waals surface area contributed by atoms with E-state index in [0.717, 1.165) is 0 Å². The van der Waals surface area contributed by atoms with Gasteiger partial charge in [-0.25, -0.2) is 14.8 Å². The van der Waals surface area contributed by atoms with Crippen molar-refractivity contribution in [3.63, 3.8) is 0 Å². The molecule has 0 fully saturated rings. The maximum absolute atomic E-state index is 11.2. The highest BCUT2D eigenvalue weighted by atomic mass is 79.9. The molecule has 1 aromatic heterocycles. The van der Waals surface area contributed by atoms with Gasteiger partial charge in [0.05, 0.1) is 18.1 Å². The van der Waals surface area contributed by atoms with Crippen LogP contribution in [-0.2, 0) is 11.3 Å². The summed E-state index contributed by atoms with van der Waals surface area (Å²) in [6.07, 6.45) is 1.53. The number of esters is 1. The zero-order chi connectivity index (χ0) is 10.6. The summed E-state index contributed by atoms with van der Waals surface area (Å²) >= 11 is 3.18. The minimum Gasteiger partial charge on any atom is -0.464 e. The molecular formula is C8H10BrN3O2. The van der Waals surface area contributed by atoms with Crippen LogP contribution in [0.2, 0.25) is 0 Å². The van der Waals surface area contributed by atoms with Crippen LogP contribution in [0.15, 0.2) is 10.7 Å². The Morgan fingerprint density at radius 1 is 1.71 bits per heavy atom. The lowest BCUT2D eigenvalue weighted by atomic mass is 10.4. The Kier molecular flexibility index (Phi) is 3.97. The Balaban J connectivity index is 3.01. The number of rotatable bonds is 3. The van der Waals surface area contributed by atoms with Crippen LogP contribution in [0.3, 0.4) is 0 Å². The first-order valence-corrected chi connectivity index (χ1v) is 4.72. The van der Waals surface area contributed by atoms with Crippen molar-refractivity contribution in [1.29, 1.82) is 0 Å². The zero-order valence-corrected chi connectivity index (χ0v) is 9.46. The molecule has 1 rings (SSSR count). The van der Waals surface area contributed by atoms with Crippen molar-refractivity contribution < 1.29 is 9.53 Å². The van der Waals surface area contributed by atoms with Crippen LogP contribution in [0.5, 0.6) is 0 Å². The molecule has 0 spiro atoms. The summed E-state index contributed by atoms with van der Waals surface area (Å²) in [5, 5.41) is 2.90. The maximum Gasteiger partial charge on any atom is 0.357 e. The molecule has 0 amide bonds. The second kappa shape index (κ2) is 5.02. The third-order valence-corrected chi connectivity index (χ3v) is 2.09. The number of nitrogens with one attached hydrogen (secondary N) is 1. The van der Waals surface area contributed by atoms with Crippen LogP contribution in [0.1, 0.15) is 16.3 Å². The summed E-state index contributed by atoms with van der Waals surface area (Å²) in [7, 11) is 3.10. The van der Waals surface area contributed by atoms with Gasteiger partial charge in [0.2, 0.25) is 0 Å². The molecule has 14 heavy (non-hydrogen) atoms. The summed E-state index contributed by atoms with van der Waals surface area (Å²) in [5.74, 6) is 0.0766. The van der Waals surface area contributed by atoms with Gasteiger partial charge >= 0.3 is 5.97 Å². The summed E-state index contributed by atoms with van der Waals surface area (Å²) < 4.78 is 5.10. The van der Waals surface area contributed by atoms with Crippen LogP contribution in [0.4, 0.5) is 0 Å². The lowest BCUT2D eigenvalue weighted by Crippen LogP contribution is -2.13. The van der Waals surface area contributed by atoms with Crippen LogP contribution in [-0.4, -0.2) is 30.1 Å². The molecule has 0 aliphatic rings. The fraction of sp³-hybridized carbons (Fsp3) is 0.375. The summed E-state index contributed by atoms with van der Waals surface area (Å²) in [6, 6.07) is 0. The fourth-order valence-corrected chi connectivity index (χ4v) is 1.24. The summed E-state index contributed by atoms with van der Waals surface area (Å²) in [6.45, 7) is 0.511. The van der Waals surface area contributed by atoms with Gasteiger partial charge in [0.1, 0.15) is 5.82 Å². The smallest absolute Gasteiger partial charge is 0.357 e. The third-order valence-electron chi connectivity index (χ3n) is 1.51. The molecule has 6 heteroatoms. The largest absolute Gasteiger partial charge is 0.464 e. The zero-order valence-electron chi connectivity index (χ0n) is 7.87. The lowest BCUT2D eigenvalue weighted by molar-refractivity contribution is 0.0592. The highest BCUT2D eigenvalue weighted by Gasteiger charge is 2.13. The van der Waals surface area contributed by atoms with E-state index in [2.05, 4.69) is 36.0 Å². The number of carbonyl (C=O) groups is 1. The Morgan fingerprint density at radius 2 is 2.43 bits per heavy atom. The Morgan fingerprint density at radius 3 is 3.00 bits per heavy atom. The standard InChI is InChI=1S/C8H10BrN3O2/c1-10-4-6-11-3-5(9)7(12-6)8(13)14-2/h3,10H,4H2,1-2H3. The van der Waals surface area contributed by atoms with Gasteiger partial charge in [0.25, 0.3) is 0 Å². The normalized spacial score (nSPS) is 9.93. The predicted molar refractivity (Wildman–Crippen MR) is 53.8 cm³/mol. The Bertz CT molecular complexity index is 343. The van der Waals surface area contributed by atoms with Crippen molar-refractivity contribution in [3.8, 4) is 0 Å². The predicted octanol–water partition coefficient (Wildman–Crippen LogP) is 0.745. The molecule has 0 saturated heterocycles. The van der Waals surface area contributed by atoms with Crippen molar-refractivity contribution in [2.75, 3.05) is 14.2 Å². The van der Waals surface area contributed by atoms with Crippen LogP contribution in [0, 0.1) is 0 Å². The molecule has 1 heterocycles. The number of methoxy groups -OCH3 is 1. The lowest BCUT2D eigenvalue weighted by Gasteiger charge is -2.03. The topological polar surface area (TPSA) is 64.1 Å². The number of ether oxygens (including phenoxy) is 1. The van der Waals surface area contributed by atoms with E-state index in [4.69, 9.17) is 0 Å². The molecular weight excluding hydrogens is 250 g/mol. The van der Waals surface area contributed by atoms with Gasteiger partial charge in [-0.1, -0.05) is 0 Å². The molecule has 76 valence electrons. The van der Waals surface area contributed by atoms with Gasteiger partial charge in [-0.3, -0.25) is 0 Å². The van der Waals surface area contributed by atoms with E-state index in [1.165, 1.54) is 13.3 Å². The van der Waals surface area contributed by atoms with Crippen LogP contribution >= 0.6 is 15.9 Å². The number of nitrogens with zero attached hydrogens (tertiary/aromatic N) is 2. The van der Waals surface area contributed by atoms with E-state index in [1.807, 2.05) is 0 Å².